The van der Waals surface area contributed by atoms with Crippen molar-refractivity contribution in [3.63, 3.8) is 0 Å². The number of carbonyl (C=O) groups is 2. The normalized spacial score (nSPS) is 40.5. The first-order chi connectivity index (χ1) is 18.3. The molecule has 7 rings (SSSR count). The summed E-state index contributed by atoms with van der Waals surface area (Å²) in [6.45, 7) is 5.06. The van der Waals surface area contributed by atoms with E-state index >= 15 is 0 Å². The van der Waals surface area contributed by atoms with Crippen molar-refractivity contribution in [1.29, 1.82) is 0 Å². The van der Waals surface area contributed by atoms with Gasteiger partial charge in [0.2, 0.25) is 18.6 Å². The molecule has 7 atom stereocenters. The van der Waals surface area contributed by atoms with Crippen molar-refractivity contribution in [2.75, 3.05) is 6.79 Å². The highest BCUT2D eigenvalue weighted by Gasteiger charge is 2.61. The first-order valence-corrected chi connectivity index (χ1v) is 15.0. The number of benzene rings is 1. The fourth-order valence-electron chi connectivity index (χ4n) is 9.92. The van der Waals surface area contributed by atoms with Crippen molar-refractivity contribution in [2.45, 2.75) is 96.1 Å². The molecular weight excluding hydrogens is 476 g/mol. The van der Waals surface area contributed by atoms with Crippen LogP contribution in [0.4, 0.5) is 0 Å². The fraction of sp³-hybridized carbons (Fsp3) is 0.688. The quantitative estimate of drug-likeness (QED) is 0.546. The van der Waals surface area contributed by atoms with Crippen LogP contribution in [0, 0.1) is 34.5 Å². The van der Waals surface area contributed by atoms with E-state index in [2.05, 4.69) is 42.7 Å². The largest absolute Gasteiger partial charge is 0.454 e. The molecule has 0 bridgehead atoms. The Bertz CT molecular complexity index is 1170. The third kappa shape index (κ3) is 3.57. The van der Waals surface area contributed by atoms with Gasteiger partial charge in [-0.05, 0) is 98.3 Å². The van der Waals surface area contributed by atoms with E-state index in [1.54, 1.807) is 6.08 Å². The van der Waals surface area contributed by atoms with Crippen molar-refractivity contribution < 1.29 is 19.1 Å². The van der Waals surface area contributed by atoms with Gasteiger partial charge in [-0.15, -0.1) is 0 Å². The van der Waals surface area contributed by atoms with Crippen LogP contribution in [0.1, 0.15) is 90.0 Å². The van der Waals surface area contributed by atoms with E-state index in [1.807, 2.05) is 6.07 Å². The summed E-state index contributed by atoms with van der Waals surface area (Å²) in [5.74, 6) is 3.76. The first kappa shape index (κ1) is 24.5. The zero-order valence-electron chi connectivity index (χ0n) is 22.9. The molecule has 2 N–H and O–H groups in total. The van der Waals surface area contributed by atoms with Crippen LogP contribution in [0.3, 0.4) is 0 Å². The molecule has 6 nitrogen and oxygen atoms in total. The number of amides is 2. The molecule has 4 unspecified atom stereocenters. The van der Waals surface area contributed by atoms with Gasteiger partial charge in [0.05, 0.1) is 5.54 Å². The van der Waals surface area contributed by atoms with Gasteiger partial charge >= 0.3 is 0 Å². The highest BCUT2D eigenvalue weighted by atomic mass is 16.7. The third-order valence-corrected chi connectivity index (χ3v) is 12.0. The second kappa shape index (κ2) is 8.76. The lowest BCUT2D eigenvalue weighted by Crippen LogP contribution is -2.60. The number of ether oxygens (including phenoxy) is 2. The number of rotatable bonds is 3. The first-order valence-electron chi connectivity index (χ1n) is 15.0. The Balaban J connectivity index is 1.14. The van der Waals surface area contributed by atoms with Gasteiger partial charge in [0.15, 0.2) is 11.5 Å². The monoisotopic (exact) mass is 518 g/mol. The Labute approximate surface area is 226 Å². The summed E-state index contributed by atoms with van der Waals surface area (Å²) < 4.78 is 11.3. The highest BCUT2D eigenvalue weighted by Crippen LogP contribution is 2.65. The van der Waals surface area contributed by atoms with Crippen LogP contribution < -0.4 is 20.1 Å². The van der Waals surface area contributed by atoms with Gasteiger partial charge in [0.1, 0.15) is 0 Å². The van der Waals surface area contributed by atoms with Crippen molar-refractivity contribution in [1.82, 2.24) is 10.6 Å². The van der Waals surface area contributed by atoms with Crippen LogP contribution in [0.2, 0.25) is 0 Å². The van der Waals surface area contributed by atoms with Crippen LogP contribution in [0.5, 0.6) is 11.5 Å². The zero-order chi connectivity index (χ0) is 26.1. The lowest BCUT2D eigenvalue weighted by molar-refractivity contribution is -0.136. The van der Waals surface area contributed by atoms with Gasteiger partial charge in [-0.3, -0.25) is 9.59 Å². The molecule has 1 aromatic carbocycles. The molecule has 6 heteroatoms. The third-order valence-electron chi connectivity index (χ3n) is 12.0. The van der Waals surface area contributed by atoms with Gasteiger partial charge in [-0.2, -0.15) is 0 Å². The number of nitrogens with one attached hydrogen (secondary N) is 2. The minimum absolute atomic E-state index is 0.0318. The predicted molar refractivity (Wildman–Crippen MR) is 144 cm³/mol. The molecule has 4 fully saturated rings. The summed E-state index contributed by atoms with van der Waals surface area (Å²) in [5.41, 5.74) is 0.916. The summed E-state index contributed by atoms with van der Waals surface area (Å²) in [4.78, 5) is 26.3. The van der Waals surface area contributed by atoms with Gasteiger partial charge in [-0.1, -0.05) is 45.3 Å². The van der Waals surface area contributed by atoms with Crippen LogP contribution in [0.25, 0.3) is 0 Å². The minimum atomic E-state index is -0.321. The average Bonchev–Trinajstić information content (AvgIpc) is 3.53. The van der Waals surface area contributed by atoms with Gasteiger partial charge < -0.3 is 20.1 Å². The zero-order valence-corrected chi connectivity index (χ0v) is 22.9. The Morgan fingerprint density at radius 2 is 1.76 bits per heavy atom. The molecule has 2 aliphatic heterocycles. The number of carbonyl (C=O) groups excluding carboxylic acids is 2. The molecule has 1 aromatic rings. The molecule has 4 aliphatic carbocycles. The number of hydrogen-bond donors (Lipinski definition) is 2. The minimum Gasteiger partial charge on any atom is -0.454 e. The number of hydrogen-bond acceptors (Lipinski definition) is 4. The van der Waals surface area contributed by atoms with Crippen LogP contribution in [0.15, 0.2) is 30.4 Å². The van der Waals surface area contributed by atoms with Crippen LogP contribution in [-0.4, -0.2) is 24.6 Å². The average molecular weight is 519 g/mol. The van der Waals surface area contributed by atoms with Crippen molar-refractivity contribution in [3.05, 3.63) is 35.9 Å². The maximum absolute atomic E-state index is 14.2. The molecule has 0 spiro atoms. The predicted octanol–water partition coefficient (Wildman–Crippen LogP) is 5.60. The van der Waals surface area contributed by atoms with Crippen molar-refractivity contribution in [2.24, 2.45) is 34.5 Å². The standard InChI is InChI=1S/C32H42N2O4/c1-30-16-12-23-21(7-11-27-31(23,2)17-13-28(35)33-27)22(30)8-9-24(30)29(36)34-32(14-4-3-5-15-32)20-6-10-25-26(18-20)38-19-37-25/h6,10,13,17-18,21-24,27H,3-5,7-9,11-12,14-16,19H2,1-2H3,(H,33,35)(H,34,36)/t21?,22?,23?,24-,27?,30+,31-/m1/s1. The molecule has 6 aliphatic rings. The Kier molecular flexibility index (Phi) is 5.65. The SMILES string of the molecule is C[C@]12C=CC(=O)NC1CCC1C2CC[C@@]2(C)C1CC[C@@H]2C(=O)NC1(c2ccc3c(c2)OCO3)CCCCC1. The molecule has 38 heavy (non-hydrogen) atoms. The van der Waals surface area contributed by atoms with E-state index in [4.69, 9.17) is 9.47 Å². The van der Waals surface area contributed by atoms with E-state index in [1.165, 1.54) is 6.42 Å². The molecule has 2 amide bonds. The number of fused-ring (bicyclic) bond motifs is 6. The smallest absolute Gasteiger partial charge is 0.243 e. The highest BCUT2D eigenvalue weighted by molar-refractivity contribution is 5.89. The van der Waals surface area contributed by atoms with Gasteiger partial charge in [0.25, 0.3) is 0 Å². The lowest BCUT2D eigenvalue weighted by Gasteiger charge is -2.58. The van der Waals surface area contributed by atoms with E-state index < -0.39 is 0 Å². The van der Waals surface area contributed by atoms with Crippen LogP contribution in [-0.2, 0) is 15.1 Å². The Morgan fingerprint density at radius 1 is 0.947 bits per heavy atom. The lowest BCUT2D eigenvalue weighted by atomic mass is 9.48. The Morgan fingerprint density at radius 3 is 2.61 bits per heavy atom. The molecule has 0 radical (unpaired) electrons. The van der Waals surface area contributed by atoms with E-state index in [0.717, 1.165) is 81.3 Å². The van der Waals surface area contributed by atoms with Crippen molar-refractivity contribution in [3.8, 4) is 11.5 Å². The molecular formula is C32H42N2O4. The summed E-state index contributed by atoms with van der Waals surface area (Å²) in [6.07, 6.45) is 16.0. The second-order valence-corrected chi connectivity index (χ2v) is 13.6. The summed E-state index contributed by atoms with van der Waals surface area (Å²) in [7, 11) is 0. The molecule has 2 heterocycles. The molecule has 4 saturated carbocycles. The van der Waals surface area contributed by atoms with E-state index in [9.17, 15) is 9.59 Å². The molecule has 0 saturated heterocycles. The maximum atomic E-state index is 14.2. The molecule has 204 valence electrons. The van der Waals surface area contributed by atoms with E-state index in [0.29, 0.717) is 17.8 Å². The fourth-order valence-corrected chi connectivity index (χ4v) is 9.92. The topological polar surface area (TPSA) is 76.7 Å². The van der Waals surface area contributed by atoms with Gasteiger partial charge in [0, 0.05) is 17.4 Å². The summed E-state index contributed by atoms with van der Waals surface area (Å²) >= 11 is 0. The van der Waals surface area contributed by atoms with E-state index in [-0.39, 0.29) is 46.9 Å². The summed E-state index contributed by atoms with van der Waals surface area (Å²) in [6, 6.07) is 6.50. The Hall–Kier alpha value is -2.50. The molecule has 0 aromatic heterocycles. The van der Waals surface area contributed by atoms with Crippen molar-refractivity contribution >= 4 is 11.8 Å². The van der Waals surface area contributed by atoms with Crippen LogP contribution >= 0.6 is 0 Å². The maximum Gasteiger partial charge on any atom is 0.243 e. The van der Waals surface area contributed by atoms with Gasteiger partial charge in [-0.25, -0.2) is 0 Å². The summed E-state index contributed by atoms with van der Waals surface area (Å²) in [5, 5.41) is 6.94. The second-order valence-electron chi connectivity index (χ2n) is 13.6.